The Bertz CT molecular complexity index is 783. The Kier molecular flexibility index (Phi) is 6.26. The molecule has 1 amide bonds. The average Bonchev–Trinajstić information content (AvgIpc) is 2.85. The number of hydrogen-bond donors (Lipinski definition) is 1. The van der Waals surface area contributed by atoms with E-state index in [0.29, 0.717) is 47.2 Å². The molecular weight excluding hydrogens is 340 g/mol. The Labute approximate surface area is 152 Å². The molecule has 5 nitrogen and oxygen atoms in total. The minimum absolute atomic E-state index is 0.0720. The van der Waals surface area contributed by atoms with Crippen molar-refractivity contribution in [3.05, 3.63) is 51.8 Å². The zero-order valence-corrected chi connectivity index (χ0v) is 15.7. The number of aromatic amines is 1. The largest absolute Gasteiger partial charge is 0.493 e. The number of nitrogens with one attached hydrogen (secondary N) is 1. The molecule has 1 N–H and O–H groups in total. The highest BCUT2D eigenvalue weighted by Crippen LogP contribution is 2.20. The summed E-state index contributed by atoms with van der Waals surface area (Å²) in [4.78, 5) is 28.9. The van der Waals surface area contributed by atoms with Gasteiger partial charge in [0, 0.05) is 31.2 Å². The molecule has 6 heteroatoms. The van der Waals surface area contributed by atoms with Gasteiger partial charge in [0.05, 0.1) is 17.9 Å². The van der Waals surface area contributed by atoms with Crippen molar-refractivity contribution in [2.24, 2.45) is 0 Å². The lowest BCUT2D eigenvalue weighted by Gasteiger charge is -2.18. The van der Waals surface area contributed by atoms with Crippen LogP contribution in [-0.2, 0) is 0 Å². The van der Waals surface area contributed by atoms with Gasteiger partial charge in [-0.2, -0.15) is 0 Å². The number of aryl methyl sites for hydroxylation is 1. The molecule has 0 bridgehead atoms. The number of benzene rings is 1. The third kappa shape index (κ3) is 4.63. The van der Waals surface area contributed by atoms with Crippen LogP contribution in [0.1, 0.15) is 45.4 Å². The molecule has 1 aromatic heterocycles. The summed E-state index contributed by atoms with van der Waals surface area (Å²) in [6.07, 6.45) is 0.691. The average molecular weight is 363 g/mol. The van der Waals surface area contributed by atoms with Crippen molar-refractivity contribution < 1.29 is 14.3 Å². The van der Waals surface area contributed by atoms with Crippen molar-refractivity contribution in [3.8, 4) is 5.75 Å². The number of ketones is 1. The highest BCUT2D eigenvalue weighted by molar-refractivity contribution is 6.30. The van der Waals surface area contributed by atoms with Gasteiger partial charge in [-0.1, -0.05) is 17.7 Å². The van der Waals surface area contributed by atoms with Crippen molar-refractivity contribution in [2.75, 3.05) is 20.2 Å². The molecular formula is C19H23ClN2O3. The van der Waals surface area contributed by atoms with E-state index in [-0.39, 0.29) is 11.7 Å². The van der Waals surface area contributed by atoms with Gasteiger partial charge in [0.25, 0.3) is 5.91 Å². The van der Waals surface area contributed by atoms with Gasteiger partial charge in [0.2, 0.25) is 0 Å². The van der Waals surface area contributed by atoms with Gasteiger partial charge in [0.15, 0.2) is 5.78 Å². The van der Waals surface area contributed by atoms with Crippen LogP contribution in [0.15, 0.2) is 24.3 Å². The summed E-state index contributed by atoms with van der Waals surface area (Å²) >= 11 is 5.91. The maximum atomic E-state index is 12.7. The molecule has 0 aliphatic carbocycles. The van der Waals surface area contributed by atoms with Gasteiger partial charge in [-0.3, -0.25) is 9.59 Å². The van der Waals surface area contributed by atoms with Crippen molar-refractivity contribution in [1.82, 2.24) is 9.88 Å². The van der Waals surface area contributed by atoms with Gasteiger partial charge in [0.1, 0.15) is 5.75 Å². The lowest BCUT2D eigenvalue weighted by atomic mass is 10.1. The number of nitrogens with zero attached hydrogens (tertiary/aromatic N) is 1. The van der Waals surface area contributed by atoms with Crippen molar-refractivity contribution in [2.45, 2.75) is 27.2 Å². The summed E-state index contributed by atoms with van der Waals surface area (Å²) in [6, 6.07) is 7.22. The molecule has 2 aromatic rings. The first kappa shape index (κ1) is 19.1. The van der Waals surface area contributed by atoms with E-state index >= 15 is 0 Å². The summed E-state index contributed by atoms with van der Waals surface area (Å²) in [5.41, 5.74) is 2.49. The smallest absolute Gasteiger partial charge is 0.255 e. The summed E-state index contributed by atoms with van der Waals surface area (Å²) in [5.74, 6) is 0.545. The molecule has 0 saturated heterocycles. The first-order valence-electron chi connectivity index (χ1n) is 8.15. The van der Waals surface area contributed by atoms with E-state index in [4.69, 9.17) is 16.3 Å². The van der Waals surface area contributed by atoms with Crippen LogP contribution in [0.25, 0.3) is 0 Å². The molecule has 0 aliphatic rings. The summed E-state index contributed by atoms with van der Waals surface area (Å²) in [6.45, 7) is 6.14. The van der Waals surface area contributed by atoms with Crippen LogP contribution in [0, 0.1) is 13.8 Å². The number of halogens is 1. The maximum absolute atomic E-state index is 12.7. The van der Waals surface area contributed by atoms with Gasteiger partial charge >= 0.3 is 0 Å². The summed E-state index contributed by atoms with van der Waals surface area (Å²) in [7, 11) is 1.75. The second kappa shape index (κ2) is 8.21. The first-order valence-corrected chi connectivity index (χ1v) is 8.53. The molecule has 25 heavy (non-hydrogen) atoms. The van der Waals surface area contributed by atoms with Crippen LogP contribution in [0.4, 0.5) is 0 Å². The fraction of sp³-hybridized carbons (Fsp3) is 0.368. The van der Waals surface area contributed by atoms with Crippen LogP contribution < -0.4 is 4.74 Å². The van der Waals surface area contributed by atoms with E-state index in [1.807, 2.05) is 19.1 Å². The molecule has 0 saturated carbocycles. The van der Waals surface area contributed by atoms with E-state index < -0.39 is 0 Å². The molecule has 0 unspecified atom stereocenters. The molecule has 0 atom stereocenters. The third-order valence-corrected chi connectivity index (χ3v) is 4.29. The second-order valence-corrected chi connectivity index (χ2v) is 6.50. The Morgan fingerprint density at radius 1 is 1.28 bits per heavy atom. The number of H-pyrrole nitrogens is 1. The highest BCUT2D eigenvalue weighted by Gasteiger charge is 2.22. The van der Waals surface area contributed by atoms with E-state index in [0.717, 1.165) is 5.69 Å². The van der Waals surface area contributed by atoms with E-state index in [1.54, 1.807) is 31.0 Å². The fourth-order valence-electron chi connectivity index (χ4n) is 2.76. The van der Waals surface area contributed by atoms with Crippen LogP contribution >= 0.6 is 11.6 Å². The number of ether oxygens (including phenoxy) is 1. The standard InChI is InChI=1S/C19H23ClN2O3/c1-12-17(13(2)21-18(12)14(3)23)19(24)22(4)9-6-10-25-16-8-5-7-15(20)11-16/h5,7-8,11,21H,6,9-10H2,1-4H3. The highest BCUT2D eigenvalue weighted by atomic mass is 35.5. The predicted octanol–water partition coefficient (Wildman–Crippen LogP) is 4.03. The molecule has 0 radical (unpaired) electrons. The number of rotatable bonds is 7. The Hall–Kier alpha value is -2.27. The molecule has 2 rings (SSSR count). The van der Waals surface area contributed by atoms with Gasteiger partial charge < -0.3 is 14.6 Å². The minimum atomic E-state index is -0.0958. The monoisotopic (exact) mass is 362 g/mol. The number of amides is 1. The van der Waals surface area contributed by atoms with Crippen molar-refractivity contribution in [1.29, 1.82) is 0 Å². The molecule has 134 valence electrons. The number of aromatic nitrogens is 1. The van der Waals surface area contributed by atoms with Gasteiger partial charge in [-0.25, -0.2) is 0 Å². The number of carbonyl (C=O) groups excluding carboxylic acids is 2. The quantitative estimate of drug-likeness (QED) is 0.597. The second-order valence-electron chi connectivity index (χ2n) is 6.07. The SMILES string of the molecule is CC(=O)c1[nH]c(C)c(C(=O)N(C)CCCOc2cccc(Cl)c2)c1C. The lowest BCUT2D eigenvalue weighted by molar-refractivity contribution is 0.0786. The van der Waals surface area contributed by atoms with Gasteiger partial charge in [-0.05, 0) is 44.0 Å². The van der Waals surface area contributed by atoms with E-state index in [2.05, 4.69) is 4.98 Å². The predicted molar refractivity (Wildman–Crippen MR) is 98.8 cm³/mol. The molecule has 0 aliphatic heterocycles. The number of carbonyl (C=O) groups is 2. The number of Topliss-reactive ketones (excluding diaryl/α,β-unsaturated/α-hetero) is 1. The zero-order chi connectivity index (χ0) is 18.6. The van der Waals surface area contributed by atoms with Crippen LogP contribution in [0.5, 0.6) is 5.75 Å². The minimum Gasteiger partial charge on any atom is -0.493 e. The molecule has 0 fully saturated rings. The van der Waals surface area contributed by atoms with Crippen LogP contribution in [0.3, 0.4) is 0 Å². The van der Waals surface area contributed by atoms with Crippen LogP contribution in [0.2, 0.25) is 5.02 Å². The van der Waals surface area contributed by atoms with Crippen molar-refractivity contribution in [3.63, 3.8) is 0 Å². The maximum Gasteiger partial charge on any atom is 0.255 e. The van der Waals surface area contributed by atoms with Crippen molar-refractivity contribution >= 4 is 23.3 Å². The molecule has 1 heterocycles. The third-order valence-electron chi connectivity index (χ3n) is 4.05. The Balaban J connectivity index is 1.91. The summed E-state index contributed by atoms with van der Waals surface area (Å²) in [5, 5.41) is 0.629. The summed E-state index contributed by atoms with van der Waals surface area (Å²) < 4.78 is 5.63. The zero-order valence-electron chi connectivity index (χ0n) is 15.0. The Morgan fingerprint density at radius 3 is 2.60 bits per heavy atom. The topological polar surface area (TPSA) is 62.4 Å². The molecule has 0 spiro atoms. The first-order chi connectivity index (χ1) is 11.8. The lowest BCUT2D eigenvalue weighted by Crippen LogP contribution is -2.29. The molecule has 1 aromatic carbocycles. The van der Waals surface area contributed by atoms with E-state index in [9.17, 15) is 9.59 Å². The number of hydrogen-bond acceptors (Lipinski definition) is 3. The van der Waals surface area contributed by atoms with Crippen LogP contribution in [-0.4, -0.2) is 41.8 Å². The normalized spacial score (nSPS) is 10.6. The Morgan fingerprint density at radius 2 is 2.00 bits per heavy atom. The fourth-order valence-corrected chi connectivity index (χ4v) is 2.94. The van der Waals surface area contributed by atoms with E-state index in [1.165, 1.54) is 6.92 Å². The van der Waals surface area contributed by atoms with Gasteiger partial charge in [-0.15, -0.1) is 0 Å².